The zero-order valence-corrected chi connectivity index (χ0v) is 12.7. The van der Waals surface area contributed by atoms with Crippen molar-refractivity contribution < 1.29 is 4.79 Å². The highest BCUT2D eigenvalue weighted by Gasteiger charge is 2.35. The summed E-state index contributed by atoms with van der Waals surface area (Å²) in [7, 11) is 0. The van der Waals surface area contributed by atoms with Crippen LogP contribution in [0.2, 0.25) is 0 Å². The minimum Gasteiger partial charge on any atom is -0.352 e. The lowest BCUT2D eigenvalue weighted by molar-refractivity contribution is -0.122. The number of carbonyl (C=O) groups excluding carboxylic acids is 1. The van der Waals surface area contributed by atoms with E-state index in [1.807, 2.05) is 0 Å². The molecule has 0 heterocycles. The number of nitrogens with one attached hydrogen (secondary N) is 1. The lowest BCUT2D eigenvalue weighted by atomic mass is 9.64. The highest BCUT2D eigenvalue weighted by Crippen LogP contribution is 2.44. The van der Waals surface area contributed by atoms with E-state index in [2.05, 4.69) is 51.2 Å². The van der Waals surface area contributed by atoms with Gasteiger partial charge in [-0.25, -0.2) is 0 Å². The SMILES string of the molecule is C/C(=C/CNC(=O)C1CC1)C1C(C)C=CCC1(C)C. The van der Waals surface area contributed by atoms with Crippen molar-refractivity contribution >= 4 is 5.91 Å². The van der Waals surface area contributed by atoms with Gasteiger partial charge in [-0.1, -0.05) is 44.6 Å². The molecule has 0 aromatic rings. The molecule has 1 amide bonds. The third-order valence-electron chi connectivity index (χ3n) is 4.59. The monoisotopic (exact) mass is 261 g/mol. The second kappa shape index (κ2) is 5.52. The van der Waals surface area contributed by atoms with E-state index in [-0.39, 0.29) is 5.91 Å². The molecule has 0 radical (unpaired) electrons. The Morgan fingerprint density at radius 2 is 2.11 bits per heavy atom. The van der Waals surface area contributed by atoms with Crippen LogP contribution in [0, 0.1) is 23.2 Å². The van der Waals surface area contributed by atoms with Crippen molar-refractivity contribution in [3.8, 4) is 0 Å². The van der Waals surface area contributed by atoms with E-state index >= 15 is 0 Å². The quantitative estimate of drug-likeness (QED) is 0.768. The standard InChI is InChI=1S/C17H27NO/c1-12-6-5-10-17(3,4)15(12)13(2)9-11-18-16(19)14-7-8-14/h5-6,9,12,14-15H,7-8,10-11H2,1-4H3,(H,18,19)/b13-9-. The van der Waals surface area contributed by atoms with Crippen LogP contribution in [-0.4, -0.2) is 12.5 Å². The zero-order chi connectivity index (χ0) is 14.0. The van der Waals surface area contributed by atoms with Crippen molar-refractivity contribution in [1.29, 1.82) is 0 Å². The Bertz CT molecular complexity index is 401. The second-order valence-corrected chi connectivity index (χ2v) is 6.93. The van der Waals surface area contributed by atoms with Crippen molar-refractivity contribution in [2.24, 2.45) is 23.2 Å². The summed E-state index contributed by atoms with van der Waals surface area (Å²) in [6.07, 6.45) is 10.1. The van der Waals surface area contributed by atoms with Crippen LogP contribution in [0.5, 0.6) is 0 Å². The van der Waals surface area contributed by atoms with Gasteiger partial charge in [-0.05, 0) is 43.4 Å². The number of amides is 1. The molecule has 0 aromatic carbocycles. The normalized spacial score (nSPS) is 30.2. The molecule has 106 valence electrons. The van der Waals surface area contributed by atoms with E-state index in [0.29, 0.717) is 29.7 Å². The van der Waals surface area contributed by atoms with Gasteiger partial charge in [-0.15, -0.1) is 0 Å². The molecule has 2 unspecified atom stereocenters. The van der Waals surface area contributed by atoms with Gasteiger partial charge in [0.05, 0.1) is 0 Å². The molecule has 0 spiro atoms. The van der Waals surface area contributed by atoms with E-state index in [1.165, 1.54) is 5.57 Å². The maximum Gasteiger partial charge on any atom is 0.223 e. The molecule has 0 bridgehead atoms. The topological polar surface area (TPSA) is 29.1 Å². The molecular weight excluding hydrogens is 234 g/mol. The Kier molecular flexibility index (Phi) is 4.17. The summed E-state index contributed by atoms with van der Waals surface area (Å²) in [5, 5.41) is 3.02. The van der Waals surface area contributed by atoms with Crippen LogP contribution in [0.25, 0.3) is 0 Å². The van der Waals surface area contributed by atoms with Gasteiger partial charge < -0.3 is 5.32 Å². The van der Waals surface area contributed by atoms with Gasteiger partial charge in [-0.2, -0.15) is 0 Å². The maximum atomic E-state index is 11.6. The van der Waals surface area contributed by atoms with Crippen LogP contribution in [-0.2, 0) is 4.79 Å². The first-order chi connectivity index (χ1) is 8.92. The summed E-state index contributed by atoms with van der Waals surface area (Å²) in [5.74, 6) is 1.70. The van der Waals surface area contributed by atoms with Gasteiger partial charge in [-0.3, -0.25) is 4.79 Å². The Morgan fingerprint density at radius 1 is 1.42 bits per heavy atom. The average molecular weight is 261 g/mol. The number of hydrogen-bond donors (Lipinski definition) is 1. The van der Waals surface area contributed by atoms with E-state index < -0.39 is 0 Å². The number of carbonyl (C=O) groups is 1. The maximum absolute atomic E-state index is 11.6. The summed E-state index contributed by atoms with van der Waals surface area (Å²) in [6, 6.07) is 0. The molecule has 2 atom stereocenters. The third kappa shape index (κ3) is 3.49. The van der Waals surface area contributed by atoms with Gasteiger partial charge in [0, 0.05) is 12.5 Å². The third-order valence-corrected chi connectivity index (χ3v) is 4.59. The van der Waals surface area contributed by atoms with Crippen LogP contribution in [0.3, 0.4) is 0 Å². The summed E-state index contributed by atoms with van der Waals surface area (Å²) >= 11 is 0. The summed E-state index contributed by atoms with van der Waals surface area (Å²) in [6.45, 7) is 9.88. The minimum atomic E-state index is 0.236. The molecule has 0 saturated heterocycles. The number of allylic oxidation sites excluding steroid dienone is 3. The van der Waals surface area contributed by atoms with Crippen molar-refractivity contribution in [2.75, 3.05) is 6.54 Å². The minimum absolute atomic E-state index is 0.236. The van der Waals surface area contributed by atoms with Crippen molar-refractivity contribution in [2.45, 2.75) is 47.0 Å². The van der Waals surface area contributed by atoms with Gasteiger partial charge >= 0.3 is 0 Å². The van der Waals surface area contributed by atoms with Crippen molar-refractivity contribution in [1.82, 2.24) is 5.32 Å². The second-order valence-electron chi connectivity index (χ2n) is 6.93. The van der Waals surface area contributed by atoms with Crippen LogP contribution >= 0.6 is 0 Å². The molecular formula is C17H27NO. The first-order valence-electron chi connectivity index (χ1n) is 7.53. The number of hydrogen-bond acceptors (Lipinski definition) is 1. The van der Waals surface area contributed by atoms with Gasteiger partial charge in [0.25, 0.3) is 0 Å². The largest absolute Gasteiger partial charge is 0.352 e. The predicted molar refractivity (Wildman–Crippen MR) is 79.7 cm³/mol. The fraction of sp³-hybridized carbons (Fsp3) is 0.706. The van der Waals surface area contributed by atoms with E-state index in [4.69, 9.17) is 0 Å². The summed E-state index contributed by atoms with van der Waals surface area (Å²) < 4.78 is 0. The molecule has 2 nitrogen and oxygen atoms in total. The molecule has 2 aliphatic rings. The zero-order valence-electron chi connectivity index (χ0n) is 12.7. The van der Waals surface area contributed by atoms with Crippen LogP contribution in [0.4, 0.5) is 0 Å². The van der Waals surface area contributed by atoms with E-state index in [9.17, 15) is 4.79 Å². The molecule has 1 saturated carbocycles. The summed E-state index contributed by atoms with van der Waals surface area (Å²) in [5.41, 5.74) is 1.73. The fourth-order valence-electron chi connectivity index (χ4n) is 3.50. The highest BCUT2D eigenvalue weighted by atomic mass is 16.2. The molecule has 2 aliphatic carbocycles. The molecule has 2 heteroatoms. The molecule has 0 aromatic heterocycles. The number of rotatable bonds is 4. The molecule has 1 N–H and O–H groups in total. The fourth-order valence-corrected chi connectivity index (χ4v) is 3.50. The Hall–Kier alpha value is -1.05. The summed E-state index contributed by atoms with van der Waals surface area (Å²) in [4.78, 5) is 11.6. The van der Waals surface area contributed by atoms with Crippen LogP contribution in [0.15, 0.2) is 23.8 Å². The lowest BCUT2D eigenvalue weighted by Crippen LogP contribution is -2.32. The molecule has 1 fully saturated rings. The van der Waals surface area contributed by atoms with Gasteiger partial charge in [0.1, 0.15) is 0 Å². The average Bonchev–Trinajstić information content (AvgIpc) is 3.10. The van der Waals surface area contributed by atoms with Gasteiger partial charge in [0.15, 0.2) is 0 Å². The predicted octanol–water partition coefficient (Wildman–Crippen LogP) is 3.70. The molecule has 2 rings (SSSR count). The van der Waals surface area contributed by atoms with Crippen molar-refractivity contribution in [3.63, 3.8) is 0 Å². The lowest BCUT2D eigenvalue weighted by Gasteiger charge is -2.40. The van der Waals surface area contributed by atoms with Crippen molar-refractivity contribution in [3.05, 3.63) is 23.8 Å². The van der Waals surface area contributed by atoms with E-state index in [1.54, 1.807) is 0 Å². The first-order valence-corrected chi connectivity index (χ1v) is 7.53. The van der Waals surface area contributed by atoms with Gasteiger partial charge in [0.2, 0.25) is 5.91 Å². The van der Waals surface area contributed by atoms with E-state index in [0.717, 1.165) is 19.3 Å². The smallest absolute Gasteiger partial charge is 0.223 e. The molecule has 0 aliphatic heterocycles. The van der Waals surface area contributed by atoms with Crippen LogP contribution in [0.1, 0.15) is 47.0 Å². The van der Waals surface area contributed by atoms with Crippen LogP contribution < -0.4 is 5.32 Å². The first kappa shape index (κ1) is 14.4. The molecule has 19 heavy (non-hydrogen) atoms. The highest BCUT2D eigenvalue weighted by molar-refractivity contribution is 5.80. The Labute approximate surface area is 117 Å². The Morgan fingerprint density at radius 3 is 2.68 bits per heavy atom. The Balaban J connectivity index is 1.94.